The first-order valence-electron chi connectivity index (χ1n) is 7.84. The standard InChI is InChI=1S/C17H24Cl3N/c1-21-10-9-17(6-3-2-4-7-17)8-5-14-15(19)11-13(18)12-16(14)20/h11-12,21H,2-10H2,1H3. The minimum atomic E-state index is 0.452. The van der Waals surface area contributed by atoms with Crippen molar-refractivity contribution < 1.29 is 0 Å². The van der Waals surface area contributed by atoms with Gasteiger partial charge in [-0.2, -0.15) is 0 Å². The zero-order chi connectivity index (χ0) is 15.3. The largest absolute Gasteiger partial charge is 0.320 e. The smallest absolute Gasteiger partial charge is 0.0467 e. The fraction of sp³-hybridized carbons (Fsp3) is 0.647. The van der Waals surface area contributed by atoms with Gasteiger partial charge in [-0.15, -0.1) is 0 Å². The van der Waals surface area contributed by atoms with Crippen molar-refractivity contribution in [1.82, 2.24) is 5.32 Å². The molecular weight excluding hydrogens is 325 g/mol. The summed E-state index contributed by atoms with van der Waals surface area (Å²) in [6.07, 6.45) is 10.1. The van der Waals surface area contributed by atoms with Crippen LogP contribution in [0.15, 0.2) is 12.1 Å². The van der Waals surface area contributed by atoms with Gasteiger partial charge in [-0.25, -0.2) is 0 Å². The minimum Gasteiger partial charge on any atom is -0.320 e. The van der Waals surface area contributed by atoms with Crippen molar-refractivity contribution >= 4 is 34.8 Å². The highest BCUT2D eigenvalue weighted by Gasteiger charge is 2.31. The number of nitrogens with one attached hydrogen (secondary N) is 1. The maximum absolute atomic E-state index is 6.32. The highest BCUT2D eigenvalue weighted by Crippen LogP contribution is 2.44. The lowest BCUT2D eigenvalue weighted by atomic mass is 9.68. The molecule has 21 heavy (non-hydrogen) atoms. The second-order valence-corrected chi connectivity index (χ2v) is 7.51. The molecule has 0 aliphatic heterocycles. The van der Waals surface area contributed by atoms with E-state index in [0.717, 1.165) is 24.9 Å². The van der Waals surface area contributed by atoms with Crippen LogP contribution in [0, 0.1) is 5.41 Å². The Bertz CT molecular complexity index is 444. The van der Waals surface area contributed by atoms with E-state index in [1.54, 1.807) is 12.1 Å². The van der Waals surface area contributed by atoms with E-state index >= 15 is 0 Å². The molecule has 0 aromatic heterocycles. The molecule has 0 bridgehead atoms. The van der Waals surface area contributed by atoms with Crippen LogP contribution < -0.4 is 5.32 Å². The molecule has 0 heterocycles. The first kappa shape index (κ1) is 17.4. The van der Waals surface area contributed by atoms with Crippen LogP contribution in [0.1, 0.15) is 50.5 Å². The van der Waals surface area contributed by atoms with Gasteiger partial charge in [0.05, 0.1) is 0 Å². The molecule has 1 nitrogen and oxygen atoms in total. The topological polar surface area (TPSA) is 12.0 Å². The zero-order valence-corrected chi connectivity index (χ0v) is 14.9. The molecule has 1 saturated carbocycles. The first-order valence-corrected chi connectivity index (χ1v) is 8.98. The molecule has 0 unspecified atom stereocenters. The lowest BCUT2D eigenvalue weighted by Gasteiger charge is -2.38. The monoisotopic (exact) mass is 347 g/mol. The molecule has 1 aliphatic carbocycles. The Balaban J connectivity index is 2.08. The molecule has 4 heteroatoms. The summed E-state index contributed by atoms with van der Waals surface area (Å²) in [5.74, 6) is 0. The Kier molecular flexibility index (Phi) is 6.68. The van der Waals surface area contributed by atoms with Crippen LogP contribution in [0.25, 0.3) is 0 Å². The number of benzene rings is 1. The van der Waals surface area contributed by atoms with Crippen molar-refractivity contribution in [2.45, 2.75) is 51.4 Å². The fourth-order valence-electron chi connectivity index (χ4n) is 3.52. The van der Waals surface area contributed by atoms with Gasteiger partial charge in [0.15, 0.2) is 0 Å². The van der Waals surface area contributed by atoms with E-state index in [9.17, 15) is 0 Å². The number of hydrogen-bond acceptors (Lipinski definition) is 1. The van der Waals surface area contributed by atoms with Crippen molar-refractivity contribution in [1.29, 1.82) is 0 Å². The molecule has 2 rings (SSSR count). The fourth-order valence-corrected chi connectivity index (χ4v) is 4.52. The summed E-state index contributed by atoms with van der Waals surface area (Å²) < 4.78 is 0. The Morgan fingerprint density at radius 3 is 2.19 bits per heavy atom. The average Bonchev–Trinajstić information content (AvgIpc) is 2.45. The normalized spacial score (nSPS) is 17.9. The zero-order valence-electron chi connectivity index (χ0n) is 12.7. The van der Waals surface area contributed by atoms with Gasteiger partial charge in [-0.1, -0.05) is 54.1 Å². The Morgan fingerprint density at radius 1 is 1.00 bits per heavy atom. The predicted molar refractivity (Wildman–Crippen MR) is 93.9 cm³/mol. The van der Waals surface area contributed by atoms with Crippen molar-refractivity contribution in [3.8, 4) is 0 Å². The summed E-state index contributed by atoms with van der Waals surface area (Å²) in [6, 6.07) is 3.59. The molecule has 1 fully saturated rings. The summed E-state index contributed by atoms with van der Waals surface area (Å²) in [5.41, 5.74) is 1.50. The summed E-state index contributed by atoms with van der Waals surface area (Å²) in [4.78, 5) is 0. The van der Waals surface area contributed by atoms with Crippen LogP contribution in [0.4, 0.5) is 0 Å². The van der Waals surface area contributed by atoms with Crippen LogP contribution in [-0.4, -0.2) is 13.6 Å². The highest BCUT2D eigenvalue weighted by molar-refractivity contribution is 6.39. The maximum atomic E-state index is 6.32. The van der Waals surface area contributed by atoms with Crippen LogP contribution in [0.5, 0.6) is 0 Å². The van der Waals surface area contributed by atoms with Gasteiger partial charge in [0.25, 0.3) is 0 Å². The van der Waals surface area contributed by atoms with Crippen LogP contribution in [0.2, 0.25) is 15.1 Å². The molecular formula is C17H24Cl3N. The quantitative estimate of drug-likeness (QED) is 0.651. The minimum absolute atomic E-state index is 0.452. The van der Waals surface area contributed by atoms with Crippen molar-refractivity contribution in [2.75, 3.05) is 13.6 Å². The third kappa shape index (κ3) is 4.76. The Hall–Kier alpha value is 0.0500. The molecule has 1 aromatic carbocycles. The maximum Gasteiger partial charge on any atom is 0.0467 e. The summed E-state index contributed by atoms with van der Waals surface area (Å²) in [7, 11) is 2.03. The molecule has 1 N–H and O–H groups in total. The number of halogens is 3. The van der Waals surface area contributed by atoms with E-state index in [0.29, 0.717) is 20.5 Å². The first-order chi connectivity index (χ1) is 10.1. The van der Waals surface area contributed by atoms with E-state index in [1.807, 2.05) is 7.05 Å². The van der Waals surface area contributed by atoms with E-state index in [2.05, 4.69) is 5.32 Å². The van der Waals surface area contributed by atoms with Crippen molar-refractivity contribution in [2.24, 2.45) is 5.41 Å². The third-order valence-corrected chi connectivity index (χ3v) is 5.72. The van der Waals surface area contributed by atoms with Crippen molar-refractivity contribution in [3.05, 3.63) is 32.8 Å². The van der Waals surface area contributed by atoms with Crippen LogP contribution in [-0.2, 0) is 6.42 Å². The molecule has 118 valence electrons. The van der Waals surface area contributed by atoms with Crippen LogP contribution in [0.3, 0.4) is 0 Å². The molecule has 1 aliphatic rings. The third-order valence-electron chi connectivity index (χ3n) is 4.83. The summed E-state index contributed by atoms with van der Waals surface area (Å²) in [6.45, 7) is 1.09. The van der Waals surface area contributed by atoms with E-state index in [-0.39, 0.29) is 0 Å². The van der Waals surface area contributed by atoms with Gasteiger partial charge in [-0.05, 0) is 68.8 Å². The Morgan fingerprint density at radius 2 is 1.62 bits per heavy atom. The lowest BCUT2D eigenvalue weighted by Crippen LogP contribution is -2.29. The SMILES string of the molecule is CNCCC1(CCc2c(Cl)cc(Cl)cc2Cl)CCCCC1. The molecule has 0 spiro atoms. The van der Waals surface area contributed by atoms with E-state index in [1.165, 1.54) is 38.5 Å². The Labute approximate surface area is 143 Å². The van der Waals surface area contributed by atoms with Crippen LogP contribution >= 0.6 is 34.8 Å². The molecule has 0 amide bonds. The predicted octanol–water partition coefficient (Wildman–Crippen LogP) is 6.14. The molecule has 0 atom stereocenters. The second kappa shape index (κ2) is 8.06. The highest BCUT2D eigenvalue weighted by atomic mass is 35.5. The number of rotatable bonds is 6. The number of hydrogen-bond donors (Lipinski definition) is 1. The molecule has 0 radical (unpaired) electrons. The van der Waals surface area contributed by atoms with E-state index < -0.39 is 0 Å². The average molecular weight is 349 g/mol. The summed E-state index contributed by atoms with van der Waals surface area (Å²) >= 11 is 18.6. The molecule has 0 saturated heterocycles. The van der Waals surface area contributed by atoms with Gasteiger partial charge in [0, 0.05) is 15.1 Å². The van der Waals surface area contributed by atoms with Gasteiger partial charge in [0.2, 0.25) is 0 Å². The van der Waals surface area contributed by atoms with Gasteiger partial charge in [-0.3, -0.25) is 0 Å². The van der Waals surface area contributed by atoms with Gasteiger partial charge >= 0.3 is 0 Å². The van der Waals surface area contributed by atoms with Gasteiger partial charge < -0.3 is 5.32 Å². The van der Waals surface area contributed by atoms with Gasteiger partial charge in [0.1, 0.15) is 0 Å². The summed E-state index contributed by atoms with van der Waals surface area (Å²) in [5, 5.41) is 5.31. The van der Waals surface area contributed by atoms with E-state index in [4.69, 9.17) is 34.8 Å². The second-order valence-electron chi connectivity index (χ2n) is 6.26. The van der Waals surface area contributed by atoms with Crippen molar-refractivity contribution in [3.63, 3.8) is 0 Å². The lowest BCUT2D eigenvalue weighted by molar-refractivity contribution is 0.157. The molecule has 1 aromatic rings.